The number of fused-ring (bicyclic) bond motifs is 2. The Kier molecular flexibility index (Phi) is 5.99. The topological polar surface area (TPSA) is 67.2 Å². The van der Waals surface area contributed by atoms with Crippen LogP contribution in [0.4, 0.5) is 0 Å². The van der Waals surface area contributed by atoms with Gasteiger partial charge in [-0.25, -0.2) is 4.68 Å². The molecule has 0 unspecified atom stereocenters. The lowest BCUT2D eigenvalue weighted by Gasteiger charge is -2.44. The van der Waals surface area contributed by atoms with E-state index in [0.29, 0.717) is 23.0 Å². The van der Waals surface area contributed by atoms with E-state index in [1.165, 1.54) is 49.9 Å². The number of nitrogens with one attached hydrogen (secondary N) is 1. The van der Waals surface area contributed by atoms with Crippen LogP contribution in [-0.4, -0.2) is 46.3 Å². The molecule has 1 amide bonds. The average molecular weight is 397 g/mol. The second kappa shape index (κ2) is 8.66. The van der Waals surface area contributed by atoms with Crippen LogP contribution in [0.2, 0.25) is 0 Å². The second-order valence-electron chi connectivity index (χ2n) is 8.82. The minimum Gasteiger partial charge on any atom is -0.355 e. The number of rotatable bonds is 5. The zero-order chi connectivity index (χ0) is 20.4. The highest BCUT2D eigenvalue weighted by Crippen LogP contribution is 2.30. The molecule has 29 heavy (non-hydrogen) atoms. The average Bonchev–Trinajstić information content (AvgIpc) is 2.74. The van der Waals surface area contributed by atoms with Gasteiger partial charge < -0.3 is 10.2 Å². The van der Waals surface area contributed by atoms with Crippen molar-refractivity contribution in [2.45, 2.75) is 64.5 Å². The summed E-state index contributed by atoms with van der Waals surface area (Å²) in [7, 11) is 0. The maximum Gasteiger partial charge on any atom is 0.274 e. The number of carbonyl (C=O) groups is 1. The van der Waals surface area contributed by atoms with E-state index in [0.717, 1.165) is 11.9 Å². The normalized spacial score (nSPS) is 22.6. The summed E-state index contributed by atoms with van der Waals surface area (Å²) in [6.45, 7) is 7.03. The summed E-state index contributed by atoms with van der Waals surface area (Å²) in [5.41, 5.74) is 0.577. The predicted octanol–water partition coefficient (Wildman–Crippen LogP) is 2.90. The highest BCUT2D eigenvalue weighted by atomic mass is 16.1. The molecule has 4 rings (SSSR count). The Hall–Kier alpha value is -2.21. The number of piperidine rings is 2. The maximum absolute atomic E-state index is 12.8. The maximum atomic E-state index is 12.8. The van der Waals surface area contributed by atoms with Gasteiger partial charge in [-0.05, 0) is 64.6 Å². The third kappa shape index (κ3) is 4.22. The van der Waals surface area contributed by atoms with E-state index in [9.17, 15) is 9.59 Å². The molecule has 0 spiro atoms. The van der Waals surface area contributed by atoms with Crippen LogP contribution in [0, 0.1) is 5.92 Å². The zero-order valence-corrected chi connectivity index (χ0v) is 17.6. The fourth-order valence-corrected chi connectivity index (χ4v) is 5.03. The number of hydrogen-bond acceptors (Lipinski definition) is 4. The summed E-state index contributed by atoms with van der Waals surface area (Å²) in [6, 6.07) is 8.03. The molecular formula is C23H32N4O2. The molecule has 156 valence electrons. The molecule has 2 aliphatic rings. The van der Waals surface area contributed by atoms with E-state index >= 15 is 0 Å². The Morgan fingerprint density at radius 2 is 1.90 bits per heavy atom. The van der Waals surface area contributed by atoms with Gasteiger partial charge in [0, 0.05) is 18.0 Å². The molecule has 2 aliphatic heterocycles. The smallest absolute Gasteiger partial charge is 0.274 e. The van der Waals surface area contributed by atoms with Gasteiger partial charge in [0.25, 0.3) is 5.56 Å². The summed E-state index contributed by atoms with van der Waals surface area (Å²) >= 11 is 0. The predicted molar refractivity (Wildman–Crippen MR) is 115 cm³/mol. The van der Waals surface area contributed by atoms with Crippen molar-refractivity contribution in [1.82, 2.24) is 20.0 Å². The first kappa shape index (κ1) is 20.1. The number of hydrogen-bond donors (Lipinski definition) is 1. The molecule has 0 aliphatic carbocycles. The second-order valence-corrected chi connectivity index (χ2v) is 8.82. The molecule has 6 heteroatoms. The first-order chi connectivity index (χ1) is 14.0. The first-order valence-corrected chi connectivity index (χ1v) is 11.1. The van der Waals surface area contributed by atoms with E-state index in [2.05, 4.69) is 15.3 Å². The van der Waals surface area contributed by atoms with Gasteiger partial charge in [-0.1, -0.05) is 24.6 Å². The summed E-state index contributed by atoms with van der Waals surface area (Å²) in [5.74, 6) is 0.534. The number of carbonyl (C=O) groups excluding carboxylic acids is 1. The molecular weight excluding hydrogens is 364 g/mol. The molecule has 1 aromatic carbocycles. The minimum atomic E-state index is -0.0978. The van der Waals surface area contributed by atoms with Crippen LogP contribution in [0.25, 0.3) is 10.8 Å². The van der Waals surface area contributed by atoms with E-state index in [4.69, 9.17) is 0 Å². The van der Waals surface area contributed by atoms with Crippen molar-refractivity contribution in [1.29, 1.82) is 0 Å². The third-order valence-electron chi connectivity index (χ3n) is 6.51. The van der Waals surface area contributed by atoms with Gasteiger partial charge in [-0.3, -0.25) is 9.59 Å². The van der Waals surface area contributed by atoms with Crippen LogP contribution in [-0.2, 0) is 11.2 Å². The van der Waals surface area contributed by atoms with E-state index in [1.54, 1.807) is 0 Å². The molecule has 0 saturated carbocycles. The monoisotopic (exact) mass is 396 g/mol. The van der Waals surface area contributed by atoms with Gasteiger partial charge in [0.2, 0.25) is 5.91 Å². The molecule has 1 N–H and O–H groups in total. The van der Waals surface area contributed by atoms with Crippen molar-refractivity contribution in [3.05, 3.63) is 40.3 Å². The molecule has 2 atom stereocenters. The lowest BCUT2D eigenvalue weighted by atomic mass is 9.83. The van der Waals surface area contributed by atoms with Crippen molar-refractivity contribution < 1.29 is 4.79 Å². The Bertz CT molecular complexity index is 934. The van der Waals surface area contributed by atoms with Crippen molar-refractivity contribution in [2.24, 2.45) is 5.92 Å². The molecule has 2 fully saturated rings. The largest absolute Gasteiger partial charge is 0.355 e. The van der Waals surface area contributed by atoms with Gasteiger partial charge in [0.15, 0.2) is 0 Å². The van der Waals surface area contributed by atoms with Crippen LogP contribution in [0.1, 0.15) is 57.7 Å². The Morgan fingerprint density at radius 3 is 2.69 bits per heavy atom. The van der Waals surface area contributed by atoms with Crippen LogP contribution >= 0.6 is 0 Å². The quantitative estimate of drug-likeness (QED) is 0.844. The standard InChI is InChI=1S/C23H32N4O2/c1-16(2)27-23(29)19-10-4-3-9-18(19)20(25-27)14-22(28)24-15-17-8-7-13-26-12-6-5-11-21(17)26/h3-4,9-10,16-17,21H,5-8,11-15H2,1-2H3,(H,24,28)/t17-,21+/m0/s1. The molecule has 2 aromatic rings. The van der Waals surface area contributed by atoms with E-state index in [-0.39, 0.29) is 23.9 Å². The summed E-state index contributed by atoms with van der Waals surface area (Å²) in [5, 5.41) is 9.11. The minimum absolute atomic E-state index is 0.00968. The third-order valence-corrected chi connectivity index (χ3v) is 6.51. The van der Waals surface area contributed by atoms with Crippen LogP contribution < -0.4 is 10.9 Å². The number of benzene rings is 1. The van der Waals surface area contributed by atoms with Gasteiger partial charge >= 0.3 is 0 Å². The van der Waals surface area contributed by atoms with Crippen LogP contribution in [0.3, 0.4) is 0 Å². The van der Waals surface area contributed by atoms with Crippen LogP contribution in [0.15, 0.2) is 29.1 Å². The molecule has 0 radical (unpaired) electrons. The SMILES string of the molecule is CC(C)n1nc(CC(=O)NC[C@@H]2CCCN3CCCC[C@H]23)c2ccccc2c1=O. The summed E-state index contributed by atoms with van der Waals surface area (Å²) < 4.78 is 1.49. The Labute approximate surface area is 172 Å². The molecule has 6 nitrogen and oxygen atoms in total. The van der Waals surface area contributed by atoms with Crippen molar-refractivity contribution in [2.75, 3.05) is 19.6 Å². The van der Waals surface area contributed by atoms with Gasteiger partial charge in [-0.15, -0.1) is 0 Å². The molecule has 3 heterocycles. The van der Waals surface area contributed by atoms with Crippen molar-refractivity contribution >= 4 is 16.7 Å². The highest BCUT2D eigenvalue weighted by Gasteiger charge is 2.32. The van der Waals surface area contributed by atoms with Crippen LogP contribution in [0.5, 0.6) is 0 Å². The summed E-state index contributed by atoms with van der Waals surface area (Å²) in [6.07, 6.45) is 6.49. The number of nitrogens with zero attached hydrogens (tertiary/aromatic N) is 3. The lowest BCUT2D eigenvalue weighted by molar-refractivity contribution is -0.120. The van der Waals surface area contributed by atoms with E-state index < -0.39 is 0 Å². The van der Waals surface area contributed by atoms with Gasteiger partial charge in [0.1, 0.15) is 0 Å². The zero-order valence-electron chi connectivity index (χ0n) is 17.6. The number of amides is 1. The molecule has 2 saturated heterocycles. The van der Waals surface area contributed by atoms with Crippen molar-refractivity contribution in [3.8, 4) is 0 Å². The first-order valence-electron chi connectivity index (χ1n) is 11.1. The Morgan fingerprint density at radius 1 is 1.14 bits per heavy atom. The van der Waals surface area contributed by atoms with Gasteiger partial charge in [-0.2, -0.15) is 5.10 Å². The van der Waals surface area contributed by atoms with E-state index in [1.807, 2.05) is 38.1 Å². The highest BCUT2D eigenvalue weighted by molar-refractivity contribution is 5.88. The fraction of sp³-hybridized carbons (Fsp3) is 0.609. The van der Waals surface area contributed by atoms with Crippen molar-refractivity contribution in [3.63, 3.8) is 0 Å². The number of aromatic nitrogens is 2. The Balaban J connectivity index is 1.48. The molecule has 1 aromatic heterocycles. The molecule has 0 bridgehead atoms. The summed E-state index contributed by atoms with van der Waals surface area (Å²) in [4.78, 5) is 28.1. The lowest BCUT2D eigenvalue weighted by Crippen LogP contribution is -2.51. The van der Waals surface area contributed by atoms with Gasteiger partial charge in [0.05, 0.1) is 23.5 Å². The fourth-order valence-electron chi connectivity index (χ4n) is 5.03.